The summed E-state index contributed by atoms with van der Waals surface area (Å²) in [5, 5.41) is 13.5. The molecule has 1 fully saturated rings. The molecule has 160 valence electrons. The minimum Gasteiger partial charge on any atom is -0.325 e. The van der Waals surface area contributed by atoms with Crippen molar-refractivity contribution in [1.29, 1.82) is 0 Å². The van der Waals surface area contributed by atoms with Crippen LogP contribution in [0.25, 0.3) is 0 Å². The van der Waals surface area contributed by atoms with Crippen LogP contribution in [0.5, 0.6) is 0 Å². The van der Waals surface area contributed by atoms with Gasteiger partial charge in [0.15, 0.2) is 0 Å². The lowest BCUT2D eigenvalue weighted by Crippen LogP contribution is -2.45. The van der Waals surface area contributed by atoms with Crippen molar-refractivity contribution >= 4 is 43.2 Å². The maximum atomic E-state index is 13.3. The molecule has 1 aliphatic carbocycles. The number of hydrogen-bond donors (Lipinski definition) is 1. The highest BCUT2D eigenvalue weighted by atomic mass is 79.9. The van der Waals surface area contributed by atoms with Crippen LogP contribution in [0.15, 0.2) is 57.9 Å². The third-order valence-corrected chi connectivity index (χ3v) is 7.48. The van der Waals surface area contributed by atoms with Crippen LogP contribution in [0.3, 0.4) is 0 Å². The number of nitro groups is 1. The Kier molecular flexibility index (Phi) is 7.22. The molecule has 10 heteroatoms. The molecule has 1 saturated carbocycles. The van der Waals surface area contributed by atoms with E-state index in [0.717, 1.165) is 23.7 Å². The molecule has 0 saturated heterocycles. The van der Waals surface area contributed by atoms with Gasteiger partial charge >= 0.3 is 0 Å². The largest absolute Gasteiger partial charge is 0.325 e. The number of amides is 1. The molecule has 8 nitrogen and oxygen atoms in total. The van der Waals surface area contributed by atoms with Crippen LogP contribution in [0.4, 0.5) is 11.4 Å². The van der Waals surface area contributed by atoms with Gasteiger partial charge in [0.05, 0.1) is 16.4 Å². The Morgan fingerprint density at radius 2 is 1.80 bits per heavy atom. The average molecular weight is 496 g/mol. The summed E-state index contributed by atoms with van der Waals surface area (Å²) in [6.07, 6.45) is 4.25. The third-order valence-electron chi connectivity index (χ3n) is 5.04. The fourth-order valence-corrected chi connectivity index (χ4v) is 5.47. The van der Waals surface area contributed by atoms with Crippen molar-refractivity contribution in [3.63, 3.8) is 0 Å². The number of non-ortho nitro benzene ring substituents is 1. The van der Waals surface area contributed by atoms with E-state index in [-0.39, 0.29) is 28.9 Å². The van der Waals surface area contributed by atoms with Crippen molar-refractivity contribution in [2.45, 2.75) is 43.0 Å². The van der Waals surface area contributed by atoms with Crippen LogP contribution in [-0.2, 0) is 14.8 Å². The monoisotopic (exact) mass is 495 g/mol. The highest BCUT2D eigenvalue weighted by Crippen LogP contribution is 2.28. The normalized spacial score (nSPS) is 15.1. The molecule has 0 atom stereocenters. The van der Waals surface area contributed by atoms with Crippen molar-refractivity contribution in [2.24, 2.45) is 0 Å². The first kappa shape index (κ1) is 22.4. The number of carbonyl (C=O) groups is 1. The maximum absolute atomic E-state index is 13.3. The quantitative estimate of drug-likeness (QED) is 0.454. The van der Waals surface area contributed by atoms with E-state index < -0.39 is 20.9 Å². The second-order valence-corrected chi connectivity index (χ2v) is 9.96. The summed E-state index contributed by atoms with van der Waals surface area (Å²) < 4.78 is 28.7. The van der Waals surface area contributed by atoms with Crippen LogP contribution in [-0.4, -0.2) is 36.1 Å². The first-order chi connectivity index (χ1) is 14.3. The molecule has 1 aliphatic rings. The maximum Gasteiger partial charge on any atom is 0.271 e. The Bertz CT molecular complexity index is 1020. The molecule has 0 radical (unpaired) electrons. The van der Waals surface area contributed by atoms with Gasteiger partial charge in [0.25, 0.3) is 5.69 Å². The van der Waals surface area contributed by atoms with Crippen LogP contribution < -0.4 is 5.32 Å². The van der Waals surface area contributed by atoms with E-state index in [1.165, 1.54) is 40.7 Å². The zero-order valence-electron chi connectivity index (χ0n) is 16.2. The molecule has 0 aliphatic heterocycles. The molecule has 1 N–H and O–H groups in total. The summed E-state index contributed by atoms with van der Waals surface area (Å²) in [6.45, 7) is -0.355. The van der Waals surface area contributed by atoms with E-state index >= 15 is 0 Å². The van der Waals surface area contributed by atoms with Crippen LogP contribution in [0.1, 0.15) is 32.1 Å². The molecular weight excluding hydrogens is 474 g/mol. The zero-order valence-corrected chi connectivity index (χ0v) is 18.6. The van der Waals surface area contributed by atoms with E-state index in [2.05, 4.69) is 21.2 Å². The number of sulfonamides is 1. The summed E-state index contributed by atoms with van der Waals surface area (Å²) in [7, 11) is -3.88. The van der Waals surface area contributed by atoms with E-state index in [1.54, 1.807) is 12.1 Å². The van der Waals surface area contributed by atoms with Crippen molar-refractivity contribution < 1.29 is 18.1 Å². The SMILES string of the molecule is O=C(CN(C1CCCCC1)S(=O)(=O)c1ccc(Br)cc1)Nc1cccc([N+](=O)[O-])c1. The molecule has 0 heterocycles. The number of nitro benzene ring substituents is 1. The Hall–Kier alpha value is -2.30. The molecular formula is C20H22BrN3O5S. The lowest BCUT2D eigenvalue weighted by atomic mass is 9.95. The molecule has 0 unspecified atom stereocenters. The van der Waals surface area contributed by atoms with Gasteiger partial charge in [0.2, 0.25) is 15.9 Å². The highest BCUT2D eigenvalue weighted by Gasteiger charge is 2.34. The minimum absolute atomic E-state index is 0.124. The molecule has 2 aromatic rings. The van der Waals surface area contributed by atoms with Gasteiger partial charge in [0.1, 0.15) is 0 Å². The van der Waals surface area contributed by atoms with Gasteiger partial charge in [-0.15, -0.1) is 0 Å². The summed E-state index contributed by atoms with van der Waals surface area (Å²) in [5.74, 6) is -0.540. The number of rotatable bonds is 7. The molecule has 0 bridgehead atoms. The van der Waals surface area contributed by atoms with Gasteiger partial charge in [-0.1, -0.05) is 41.3 Å². The Morgan fingerprint density at radius 3 is 2.43 bits per heavy atom. The van der Waals surface area contributed by atoms with Crippen LogP contribution >= 0.6 is 15.9 Å². The van der Waals surface area contributed by atoms with E-state index in [1.807, 2.05) is 0 Å². The standard InChI is InChI=1S/C20H22BrN3O5S/c21-15-9-11-19(12-10-15)30(28,29)23(17-6-2-1-3-7-17)14-20(25)22-16-5-4-8-18(13-16)24(26)27/h4-5,8-13,17H,1-3,6-7,14H2,(H,22,25). The Labute approximate surface area is 183 Å². The molecule has 0 aromatic heterocycles. The summed E-state index contributed by atoms with van der Waals surface area (Å²) in [4.78, 5) is 23.2. The van der Waals surface area contributed by atoms with E-state index in [0.29, 0.717) is 12.8 Å². The summed E-state index contributed by atoms with van der Waals surface area (Å²) in [5.41, 5.74) is 0.0956. The van der Waals surface area contributed by atoms with Crippen molar-refractivity contribution in [2.75, 3.05) is 11.9 Å². The second-order valence-electron chi connectivity index (χ2n) is 7.15. The molecule has 2 aromatic carbocycles. The smallest absolute Gasteiger partial charge is 0.271 e. The van der Waals surface area contributed by atoms with Gasteiger partial charge in [-0.3, -0.25) is 14.9 Å². The van der Waals surface area contributed by atoms with Gasteiger partial charge in [-0.2, -0.15) is 4.31 Å². The van der Waals surface area contributed by atoms with Crippen LogP contribution in [0, 0.1) is 10.1 Å². The Balaban J connectivity index is 1.83. The number of carbonyl (C=O) groups excluding carboxylic acids is 1. The topological polar surface area (TPSA) is 110 Å². The molecule has 3 rings (SSSR count). The summed E-state index contributed by atoms with van der Waals surface area (Å²) >= 11 is 3.30. The van der Waals surface area contributed by atoms with Gasteiger partial charge in [-0.05, 0) is 43.2 Å². The zero-order chi connectivity index (χ0) is 21.7. The minimum atomic E-state index is -3.88. The fraction of sp³-hybridized carbons (Fsp3) is 0.350. The molecule has 30 heavy (non-hydrogen) atoms. The number of anilines is 1. The predicted molar refractivity (Wildman–Crippen MR) is 117 cm³/mol. The lowest BCUT2D eigenvalue weighted by molar-refractivity contribution is -0.384. The lowest BCUT2D eigenvalue weighted by Gasteiger charge is -2.33. The number of hydrogen-bond acceptors (Lipinski definition) is 5. The third kappa shape index (κ3) is 5.44. The second kappa shape index (κ2) is 9.67. The highest BCUT2D eigenvalue weighted by molar-refractivity contribution is 9.10. The Morgan fingerprint density at radius 1 is 1.13 bits per heavy atom. The average Bonchev–Trinajstić information content (AvgIpc) is 2.73. The van der Waals surface area contributed by atoms with Gasteiger partial charge in [0, 0.05) is 28.3 Å². The van der Waals surface area contributed by atoms with Gasteiger partial charge in [-0.25, -0.2) is 8.42 Å². The predicted octanol–water partition coefficient (Wildman–Crippen LogP) is 4.32. The van der Waals surface area contributed by atoms with Crippen molar-refractivity contribution in [3.8, 4) is 0 Å². The number of nitrogens with zero attached hydrogens (tertiary/aromatic N) is 2. The van der Waals surface area contributed by atoms with Crippen molar-refractivity contribution in [1.82, 2.24) is 4.31 Å². The number of halogens is 1. The number of benzene rings is 2. The number of nitrogens with one attached hydrogen (secondary N) is 1. The van der Waals surface area contributed by atoms with Crippen LogP contribution in [0.2, 0.25) is 0 Å². The molecule has 1 amide bonds. The summed E-state index contributed by atoms with van der Waals surface area (Å²) in [6, 6.07) is 11.6. The van der Waals surface area contributed by atoms with Gasteiger partial charge < -0.3 is 5.32 Å². The molecule has 0 spiro atoms. The van der Waals surface area contributed by atoms with E-state index in [4.69, 9.17) is 0 Å². The first-order valence-corrected chi connectivity index (χ1v) is 11.8. The van der Waals surface area contributed by atoms with Crippen molar-refractivity contribution in [3.05, 3.63) is 63.1 Å². The first-order valence-electron chi connectivity index (χ1n) is 9.59. The fourth-order valence-electron chi connectivity index (χ4n) is 3.56. The van der Waals surface area contributed by atoms with E-state index in [9.17, 15) is 23.3 Å².